The molecule has 0 atom stereocenters. The van der Waals surface area contributed by atoms with Crippen molar-refractivity contribution in [3.63, 3.8) is 0 Å². The highest BCUT2D eigenvalue weighted by Gasteiger charge is 2.02. The maximum Gasteiger partial charge on any atom is 0.126 e. The van der Waals surface area contributed by atoms with Crippen LogP contribution in [0.1, 0.15) is 17.5 Å². The number of benzene rings is 1. The van der Waals surface area contributed by atoms with Gasteiger partial charge in [-0.3, -0.25) is 0 Å². The van der Waals surface area contributed by atoms with E-state index in [-0.39, 0.29) is 12.4 Å². The Kier molecular flexibility index (Phi) is 3.86. The molecular formula is C10H14FNO. The summed E-state index contributed by atoms with van der Waals surface area (Å²) in [6.07, 6.45) is 1.15. The van der Waals surface area contributed by atoms with Crippen LogP contribution in [0.15, 0.2) is 18.2 Å². The molecule has 0 radical (unpaired) electrons. The van der Waals surface area contributed by atoms with Gasteiger partial charge < -0.3 is 10.8 Å². The van der Waals surface area contributed by atoms with E-state index in [0.717, 1.165) is 5.56 Å². The Hall–Kier alpha value is -0.930. The zero-order valence-corrected chi connectivity index (χ0v) is 7.46. The second-order valence-electron chi connectivity index (χ2n) is 2.96. The number of halogens is 1. The van der Waals surface area contributed by atoms with Crippen LogP contribution in [0.25, 0.3) is 0 Å². The van der Waals surface area contributed by atoms with Crippen molar-refractivity contribution in [1.29, 1.82) is 0 Å². The van der Waals surface area contributed by atoms with Crippen LogP contribution in [0.3, 0.4) is 0 Å². The molecule has 2 nitrogen and oxygen atoms in total. The Balaban J connectivity index is 2.78. The summed E-state index contributed by atoms with van der Waals surface area (Å²) in [4.78, 5) is 0. The van der Waals surface area contributed by atoms with Crippen LogP contribution in [0.5, 0.6) is 0 Å². The van der Waals surface area contributed by atoms with Gasteiger partial charge in [0.1, 0.15) is 5.82 Å². The number of hydrogen-bond donors (Lipinski definition) is 2. The summed E-state index contributed by atoms with van der Waals surface area (Å²) in [6.45, 7) is 0.513. The first kappa shape index (κ1) is 10.2. The van der Waals surface area contributed by atoms with E-state index in [0.29, 0.717) is 24.9 Å². The van der Waals surface area contributed by atoms with E-state index in [4.69, 9.17) is 10.8 Å². The molecule has 0 aliphatic carbocycles. The molecule has 72 valence electrons. The largest absolute Gasteiger partial charge is 0.396 e. The minimum Gasteiger partial charge on any atom is -0.396 e. The molecule has 0 aliphatic rings. The lowest BCUT2D eigenvalue weighted by molar-refractivity contribution is 0.288. The Labute approximate surface area is 77.2 Å². The summed E-state index contributed by atoms with van der Waals surface area (Å²) in [5.74, 6) is -0.217. The second-order valence-corrected chi connectivity index (χ2v) is 2.96. The van der Waals surface area contributed by atoms with E-state index < -0.39 is 0 Å². The van der Waals surface area contributed by atoms with Crippen LogP contribution in [0.2, 0.25) is 0 Å². The van der Waals surface area contributed by atoms with Gasteiger partial charge in [0.05, 0.1) is 0 Å². The average molecular weight is 183 g/mol. The van der Waals surface area contributed by atoms with E-state index in [2.05, 4.69) is 0 Å². The highest BCUT2D eigenvalue weighted by Crippen LogP contribution is 2.12. The van der Waals surface area contributed by atoms with Crippen LogP contribution < -0.4 is 5.73 Å². The highest BCUT2D eigenvalue weighted by molar-refractivity contribution is 5.25. The molecule has 0 saturated heterocycles. The first-order valence-electron chi connectivity index (χ1n) is 4.36. The zero-order valence-electron chi connectivity index (χ0n) is 7.46. The van der Waals surface area contributed by atoms with Crippen molar-refractivity contribution in [2.45, 2.75) is 19.4 Å². The van der Waals surface area contributed by atoms with E-state index in [9.17, 15) is 4.39 Å². The van der Waals surface area contributed by atoms with Crippen LogP contribution >= 0.6 is 0 Å². The van der Waals surface area contributed by atoms with Gasteiger partial charge in [0.2, 0.25) is 0 Å². The molecule has 0 aliphatic heterocycles. The Morgan fingerprint density at radius 2 is 2.15 bits per heavy atom. The van der Waals surface area contributed by atoms with Gasteiger partial charge in [0.25, 0.3) is 0 Å². The minimum atomic E-state index is -0.217. The molecule has 0 amide bonds. The fourth-order valence-electron chi connectivity index (χ4n) is 1.22. The van der Waals surface area contributed by atoms with Crippen LogP contribution in [-0.2, 0) is 13.0 Å². The highest BCUT2D eigenvalue weighted by atomic mass is 19.1. The van der Waals surface area contributed by atoms with Gasteiger partial charge >= 0.3 is 0 Å². The fourth-order valence-corrected chi connectivity index (χ4v) is 1.22. The molecule has 1 rings (SSSR count). The zero-order chi connectivity index (χ0) is 9.68. The summed E-state index contributed by atoms with van der Waals surface area (Å²) < 4.78 is 13.1. The maximum absolute atomic E-state index is 13.1. The van der Waals surface area contributed by atoms with Gasteiger partial charge in [-0.25, -0.2) is 4.39 Å². The monoisotopic (exact) mass is 183 g/mol. The predicted molar refractivity (Wildman–Crippen MR) is 49.7 cm³/mol. The molecule has 13 heavy (non-hydrogen) atoms. The Morgan fingerprint density at radius 3 is 2.77 bits per heavy atom. The van der Waals surface area contributed by atoms with Crippen molar-refractivity contribution in [2.24, 2.45) is 5.73 Å². The van der Waals surface area contributed by atoms with Crippen molar-refractivity contribution < 1.29 is 9.50 Å². The van der Waals surface area contributed by atoms with E-state index in [1.165, 1.54) is 6.07 Å². The standard InChI is InChI=1S/C10H14FNO/c11-10-4-3-8(7-12)6-9(10)2-1-5-13/h3-4,6,13H,1-2,5,7,12H2. The number of hydrogen-bond acceptors (Lipinski definition) is 2. The third-order valence-electron chi connectivity index (χ3n) is 1.95. The summed E-state index contributed by atoms with van der Waals surface area (Å²) in [7, 11) is 0. The van der Waals surface area contributed by atoms with Crippen LogP contribution in [-0.4, -0.2) is 11.7 Å². The normalized spacial score (nSPS) is 10.4. The number of aliphatic hydroxyl groups excluding tert-OH is 1. The van der Waals surface area contributed by atoms with E-state index in [1.807, 2.05) is 0 Å². The van der Waals surface area contributed by atoms with Gasteiger partial charge in [-0.1, -0.05) is 12.1 Å². The molecule has 1 aromatic rings. The van der Waals surface area contributed by atoms with E-state index >= 15 is 0 Å². The van der Waals surface area contributed by atoms with Crippen molar-refractivity contribution in [2.75, 3.05) is 6.61 Å². The van der Waals surface area contributed by atoms with Crippen molar-refractivity contribution >= 4 is 0 Å². The van der Waals surface area contributed by atoms with Crippen LogP contribution in [0.4, 0.5) is 4.39 Å². The fraction of sp³-hybridized carbons (Fsp3) is 0.400. The van der Waals surface area contributed by atoms with Gasteiger partial charge in [0.15, 0.2) is 0 Å². The first-order valence-corrected chi connectivity index (χ1v) is 4.36. The van der Waals surface area contributed by atoms with Gasteiger partial charge in [0, 0.05) is 13.2 Å². The molecule has 1 aromatic carbocycles. The second kappa shape index (κ2) is 4.94. The summed E-state index contributed by atoms with van der Waals surface area (Å²) in [5.41, 5.74) is 6.99. The van der Waals surface area contributed by atoms with Gasteiger partial charge in [-0.15, -0.1) is 0 Å². The van der Waals surface area contributed by atoms with Crippen molar-refractivity contribution in [3.8, 4) is 0 Å². The molecule has 0 fully saturated rings. The van der Waals surface area contributed by atoms with Crippen molar-refractivity contribution in [3.05, 3.63) is 35.1 Å². The summed E-state index contributed by atoms with van der Waals surface area (Å²) in [5, 5.41) is 8.60. The smallest absolute Gasteiger partial charge is 0.126 e. The molecule has 0 saturated carbocycles. The molecule has 0 bridgehead atoms. The molecule has 3 heteroatoms. The number of rotatable bonds is 4. The third-order valence-corrected chi connectivity index (χ3v) is 1.95. The van der Waals surface area contributed by atoms with Crippen LogP contribution in [0, 0.1) is 5.82 Å². The Morgan fingerprint density at radius 1 is 1.38 bits per heavy atom. The SMILES string of the molecule is NCc1ccc(F)c(CCCO)c1. The number of nitrogens with two attached hydrogens (primary N) is 1. The first-order chi connectivity index (χ1) is 6.27. The predicted octanol–water partition coefficient (Wildman–Crippen LogP) is 1.21. The lowest BCUT2D eigenvalue weighted by Gasteiger charge is -2.04. The van der Waals surface area contributed by atoms with E-state index in [1.54, 1.807) is 12.1 Å². The third kappa shape index (κ3) is 2.79. The van der Waals surface area contributed by atoms with Gasteiger partial charge in [-0.05, 0) is 30.0 Å². The van der Waals surface area contributed by atoms with Gasteiger partial charge in [-0.2, -0.15) is 0 Å². The number of aryl methyl sites for hydroxylation is 1. The lowest BCUT2D eigenvalue weighted by Crippen LogP contribution is -2.00. The molecule has 3 N–H and O–H groups in total. The van der Waals surface area contributed by atoms with Crippen molar-refractivity contribution in [1.82, 2.24) is 0 Å². The summed E-state index contributed by atoms with van der Waals surface area (Å²) in [6, 6.07) is 4.86. The lowest BCUT2D eigenvalue weighted by atomic mass is 10.1. The molecule has 0 heterocycles. The summed E-state index contributed by atoms with van der Waals surface area (Å²) >= 11 is 0. The molecule has 0 unspecified atom stereocenters. The molecule has 0 aromatic heterocycles. The number of aliphatic hydroxyl groups is 1. The Bertz CT molecular complexity index is 276. The quantitative estimate of drug-likeness (QED) is 0.737. The average Bonchev–Trinajstić information content (AvgIpc) is 2.17. The minimum absolute atomic E-state index is 0.0896. The molecular weight excluding hydrogens is 169 g/mol. The molecule has 0 spiro atoms. The maximum atomic E-state index is 13.1. The topological polar surface area (TPSA) is 46.2 Å².